The van der Waals surface area contributed by atoms with E-state index in [9.17, 15) is 13.2 Å². The molecule has 2 nitrogen and oxygen atoms in total. The Labute approximate surface area is 103 Å². The minimum atomic E-state index is -4.40. The molecule has 16 heavy (non-hydrogen) atoms. The van der Waals surface area contributed by atoms with Crippen LogP contribution >= 0.6 is 22.6 Å². The van der Waals surface area contributed by atoms with Crippen molar-refractivity contribution in [1.82, 2.24) is 9.78 Å². The predicted molar refractivity (Wildman–Crippen MR) is 61.3 cm³/mol. The van der Waals surface area contributed by atoms with Gasteiger partial charge in [-0.05, 0) is 46.9 Å². The van der Waals surface area contributed by atoms with Crippen LogP contribution in [0.2, 0.25) is 0 Å². The maximum atomic E-state index is 12.3. The quantitative estimate of drug-likeness (QED) is 0.728. The SMILES string of the molecule is FC(F)(F)c1ccn(-c2cccc(I)c2)n1. The monoisotopic (exact) mass is 338 g/mol. The van der Waals surface area contributed by atoms with Gasteiger partial charge in [0.05, 0.1) is 5.69 Å². The molecule has 0 amide bonds. The molecule has 1 heterocycles. The van der Waals surface area contributed by atoms with Gasteiger partial charge in [0.2, 0.25) is 0 Å². The summed E-state index contributed by atoms with van der Waals surface area (Å²) in [6.07, 6.45) is -3.10. The van der Waals surface area contributed by atoms with Crippen molar-refractivity contribution < 1.29 is 13.2 Å². The van der Waals surface area contributed by atoms with E-state index in [0.717, 1.165) is 9.64 Å². The maximum Gasteiger partial charge on any atom is 0.435 e. The first-order valence-electron chi connectivity index (χ1n) is 4.35. The van der Waals surface area contributed by atoms with Crippen LogP contribution in [-0.2, 0) is 6.18 Å². The third kappa shape index (κ3) is 2.37. The van der Waals surface area contributed by atoms with Gasteiger partial charge in [-0.3, -0.25) is 0 Å². The fraction of sp³-hybridized carbons (Fsp3) is 0.100. The molecular formula is C10H6F3IN2. The molecule has 0 radical (unpaired) electrons. The van der Waals surface area contributed by atoms with Gasteiger partial charge in [-0.2, -0.15) is 18.3 Å². The van der Waals surface area contributed by atoms with Crippen molar-refractivity contribution in [3.63, 3.8) is 0 Å². The molecule has 0 bridgehead atoms. The minimum Gasteiger partial charge on any atom is -0.240 e. The van der Waals surface area contributed by atoms with Crippen LogP contribution in [0.1, 0.15) is 5.69 Å². The molecule has 2 aromatic rings. The average molecular weight is 338 g/mol. The summed E-state index contributed by atoms with van der Waals surface area (Å²) in [4.78, 5) is 0. The van der Waals surface area contributed by atoms with Crippen LogP contribution in [-0.4, -0.2) is 9.78 Å². The number of nitrogens with zero attached hydrogens (tertiary/aromatic N) is 2. The van der Waals surface area contributed by atoms with Crippen LogP contribution in [0, 0.1) is 3.57 Å². The fourth-order valence-electron chi connectivity index (χ4n) is 1.24. The zero-order chi connectivity index (χ0) is 11.8. The molecule has 1 aromatic heterocycles. The van der Waals surface area contributed by atoms with Crippen LogP contribution in [0.4, 0.5) is 13.2 Å². The lowest BCUT2D eigenvalue weighted by Gasteiger charge is -2.03. The molecule has 0 saturated carbocycles. The van der Waals surface area contributed by atoms with E-state index < -0.39 is 11.9 Å². The molecule has 0 saturated heterocycles. The van der Waals surface area contributed by atoms with Crippen molar-refractivity contribution in [3.05, 3.63) is 45.8 Å². The molecule has 0 aliphatic carbocycles. The van der Waals surface area contributed by atoms with Gasteiger partial charge in [0.1, 0.15) is 0 Å². The summed E-state index contributed by atoms with van der Waals surface area (Å²) in [5, 5.41) is 3.48. The fourth-order valence-corrected chi connectivity index (χ4v) is 1.76. The van der Waals surface area contributed by atoms with Crippen molar-refractivity contribution >= 4 is 22.6 Å². The summed E-state index contributed by atoms with van der Waals surface area (Å²) in [6, 6.07) is 8.05. The second-order valence-corrected chi connectivity index (χ2v) is 4.37. The highest BCUT2D eigenvalue weighted by Gasteiger charge is 2.33. The van der Waals surface area contributed by atoms with E-state index in [2.05, 4.69) is 27.7 Å². The van der Waals surface area contributed by atoms with Crippen LogP contribution in [0.25, 0.3) is 5.69 Å². The highest BCUT2D eigenvalue weighted by Crippen LogP contribution is 2.27. The van der Waals surface area contributed by atoms with Gasteiger partial charge >= 0.3 is 6.18 Å². The molecule has 0 fully saturated rings. The van der Waals surface area contributed by atoms with Crippen molar-refractivity contribution in [2.45, 2.75) is 6.18 Å². The Bertz CT molecular complexity index is 505. The zero-order valence-corrected chi connectivity index (χ0v) is 10.0. The minimum absolute atomic E-state index is 0.613. The predicted octanol–water partition coefficient (Wildman–Crippen LogP) is 3.50. The highest BCUT2D eigenvalue weighted by molar-refractivity contribution is 14.1. The van der Waals surface area contributed by atoms with Gasteiger partial charge < -0.3 is 0 Å². The Hall–Kier alpha value is -1.05. The Morgan fingerprint density at radius 3 is 2.50 bits per heavy atom. The van der Waals surface area contributed by atoms with Gasteiger partial charge in [0.25, 0.3) is 0 Å². The highest BCUT2D eigenvalue weighted by atomic mass is 127. The van der Waals surface area contributed by atoms with E-state index in [4.69, 9.17) is 0 Å². The van der Waals surface area contributed by atoms with Crippen LogP contribution in [0.3, 0.4) is 0 Å². The standard InChI is InChI=1S/C10H6F3IN2/c11-10(12,13)9-4-5-16(15-9)8-3-1-2-7(14)6-8/h1-6H. The molecule has 0 aliphatic heterocycles. The summed E-state index contributed by atoms with van der Waals surface area (Å²) in [5.41, 5.74) is -0.270. The summed E-state index contributed by atoms with van der Waals surface area (Å²) in [6.45, 7) is 0. The van der Waals surface area contributed by atoms with Crippen molar-refractivity contribution in [2.75, 3.05) is 0 Å². The lowest BCUT2D eigenvalue weighted by Crippen LogP contribution is -2.07. The smallest absolute Gasteiger partial charge is 0.240 e. The number of alkyl halides is 3. The molecule has 1 aromatic carbocycles. The van der Waals surface area contributed by atoms with Crippen LogP contribution in [0.15, 0.2) is 36.5 Å². The third-order valence-corrected chi connectivity index (χ3v) is 2.62. The first kappa shape index (κ1) is 11.4. The molecule has 0 spiro atoms. The lowest BCUT2D eigenvalue weighted by atomic mass is 10.3. The summed E-state index contributed by atoms with van der Waals surface area (Å²) in [5.74, 6) is 0. The normalized spacial score (nSPS) is 11.8. The van der Waals surface area contributed by atoms with E-state index in [1.807, 2.05) is 6.07 Å². The van der Waals surface area contributed by atoms with E-state index in [0.29, 0.717) is 5.69 Å². The molecule has 84 valence electrons. The molecule has 0 aliphatic rings. The van der Waals surface area contributed by atoms with Gasteiger partial charge in [-0.15, -0.1) is 0 Å². The molecule has 0 N–H and O–H groups in total. The maximum absolute atomic E-state index is 12.3. The first-order chi connectivity index (χ1) is 7.47. The zero-order valence-electron chi connectivity index (χ0n) is 7.87. The molecular weight excluding hydrogens is 332 g/mol. The lowest BCUT2D eigenvalue weighted by molar-refractivity contribution is -0.141. The second kappa shape index (κ2) is 4.08. The molecule has 2 rings (SSSR count). The van der Waals surface area contributed by atoms with Gasteiger partial charge in [-0.1, -0.05) is 6.07 Å². The Morgan fingerprint density at radius 1 is 1.19 bits per heavy atom. The Kier molecular flexibility index (Phi) is 2.92. The van der Waals surface area contributed by atoms with Crippen molar-refractivity contribution in [2.24, 2.45) is 0 Å². The average Bonchev–Trinajstić information content (AvgIpc) is 2.65. The molecule has 6 heteroatoms. The molecule has 0 atom stereocenters. The summed E-state index contributed by atoms with van der Waals surface area (Å²) >= 11 is 2.09. The van der Waals surface area contributed by atoms with Gasteiger partial charge in [-0.25, -0.2) is 4.68 Å². The number of hydrogen-bond acceptors (Lipinski definition) is 1. The van der Waals surface area contributed by atoms with Crippen LogP contribution in [0.5, 0.6) is 0 Å². The number of hydrogen-bond donors (Lipinski definition) is 0. The number of rotatable bonds is 1. The third-order valence-electron chi connectivity index (χ3n) is 1.95. The van der Waals surface area contributed by atoms with E-state index in [1.54, 1.807) is 18.2 Å². The summed E-state index contributed by atoms with van der Waals surface area (Å²) < 4.78 is 39.1. The Morgan fingerprint density at radius 2 is 1.94 bits per heavy atom. The van der Waals surface area contributed by atoms with E-state index in [-0.39, 0.29) is 0 Å². The van der Waals surface area contributed by atoms with Crippen molar-refractivity contribution in [3.8, 4) is 5.69 Å². The van der Waals surface area contributed by atoms with Crippen molar-refractivity contribution in [1.29, 1.82) is 0 Å². The van der Waals surface area contributed by atoms with E-state index in [1.165, 1.54) is 10.9 Å². The number of benzene rings is 1. The topological polar surface area (TPSA) is 17.8 Å². The van der Waals surface area contributed by atoms with Crippen LogP contribution < -0.4 is 0 Å². The first-order valence-corrected chi connectivity index (χ1v) is 5.43. The van der Waals surface area contributed by atoms with Gasteiger partial charge in [0, 0.05) is 9.77 Å². The number of halogens is 4. The summed E-state index contributed by atoms with van der Waals surface area (Å²) in [7, 11) is 0. The van der Waals surface area contributed by atoms with Gasteiger partial charge in [0.15, 0.2) is 5.69 Å². The number of aromatic nitrogens is 2. The van der Waals surface area contributed by atoms with E-state index >= 15 is 0 Å². The largest absolute Gasteiger partial charge is 0.435 e. The second-order valence-electron chi connectivity index (χ2n) is 3.12. The molecule has 0 unspecified atom stereocenters. The Balaban J connectivity index is 2.39.